The normalized spacial score (nSPS) is 11.9. The van der Waals surface area contributed by atoms with E-state index in [1.165, 1.54) is 17.0 Å². The van der Waals surface area contributed by atoms with Gasteiger partial charge in [-0.25, -0.2) is 0 Å². The Balaban J connectivity index is 1.69. The van der Waals surface area contributed by atoms with Crippen molar-refractivity contribution >= 4 is 29.0 Å². The fourth-order valence-electron chi connectivity index (χ4n) is 2.16. The Morgan fingerprint density at radius 1 is 1.29 bits per heavy atom. The molecule has 1 atom stereocenters. The molecule has 124 valence electrons. The third-order valence-corrected chi connectivity index (χ3v) is 4.47. The van der Waals surface area contributed by atoms with Crippen LogP contribution in [-0.2, 0) is 7.05 Å². The Kier molecular flexibility index (Phi) is 4.48. The van der Waals surface area contributed by atoms with Gasteiger partial charge in [0.1, 0.15) is 5.82 Å². The summed E-state index contributed by atoms with van der Waals surface area (Å²) in [5, 5.41) is 11.6. The van der Waals surface area contributed by atoms with Crippen LogP contribution < -0.4 is 10.6 Å². The number of hydrogen-bond acceptors (Lipinski definition) is 5. The minimum atomic E-state index is -0.401. The average Bonchev–Trinajstić information content (AvgIpc) is 3.29. The van der Waals surface area contributed by atoms with Crippen molar-refractivity contribution in [3.8, 4) is 0 Å². The summed E-state index contributed by atoms with van der Waals surface area (Å²) >= 11 is 1.58. The zero-order valence-corrected chi connectivity index (χ0v) is 14.0. The summed E-state index contributed by atoms with van der Waals surface area (Å²) in [7, 11) is 1.65. The molecule has 0 aliphatic carbocycles. The minimum absolute atomic E-state index is 0.110. The highest BCUT2D eigenvalue weighted by molar-refractivity contribution is 7.10. The van der Waals surface area contributed by atoms with Crippen LogP contribution in [0, 0.1) is 0 Å². The van der Waals surface area contributed by atoms with E-state index in [1.807, 2.05) is 24.4 Å². The smallest absolute Gasteiger partial charge is 0.292 e. The van der Waals surface area contributed by atoms with Gasteiger partial charge in [0.2, 0.25) is 0 Å². The number of amides is 2. The molecule has 0 spiro atoms. The topological polar surface area (TPSA) is 89.2 Å². The van der Waals surface area contributed by atoms with Gasteiger partial charge in [0, 0.05) is 18.0 Å². The van der Waals surface area contributed by atoms with Crippen LogP contribution in [-0.4, -0.2) is 21.6 Å². The molecule has 0 aliphatic rings. The van der Waals surface area contributed by atoms with Gasteiger partial charge in [-0.2, -0.15) is 5.10 Å². The van der Waals surface area contributed by atoms with Crippen molar-refractivity contribution in [2.24, 2.45) is 7.05 Å². The van der Waals surface area contributed by atoms with Crippen LogP contribution in [0.15, 0.2) is 46.4 Å². The van der Waals surface area contributed by atoms with E-state index in [4.69, 9.17) is 4.42 Å². The lowest BCUT2D eigenvalue weighted by Crippen LogP contribution is -2.26. The molecule has 0 aromatic carbocycles. The van der Waals surface area contributed by atoms with Crippen LogP contribution in [0.25, 0.3) is 0 Å². The van der Waals surface area contributed by atoms with Crippen LogP contribution in [0.4, 0.5) is 5.82 Å². The zero-order chi connectivity index (χ0) is 17.1. The number of nitrogens with zero attached hydrogens (tertiary/aromatic N) is 2. The quantitative estimate of drug-likeness (QED) is 0.745. The van der Waals surface area contributed by atoms with E-state index in [-0.39, 0.29) is 23.4 Å². The average molecular weight is 344 g/mol. The number of nitrogens with one attached hydrogen (secondary N) is 2. The standard InChI is InChI=1S/C16H16N4O3S/c1-10(13-6-4-8-24-13)17-15(21)11-9-14(20(2)19-11)18-16(22)12-5-3-7-23-12/h3-10H,1-2H3,(H,17,21)(H,18,22). The van der Waals surface area contributed by atoms with E-state index in [0.29, 0.717) is 5.82 Å². The number of aromatic nitrogens is 2. The number of aryl methyl sites for hydroxylation is 1. The van der Waals surface area contributed by atoms with E-state index in [2.05, 4.69) is 15.7 Å². The molecule has 3 aromatic rings. The Morgan fingerprint density at radius 3 is 2.79 bits per heavy atom. The van der Waals surface area contributed by atoms with Crippen LogP contribution in [0.2, 0.25) is 0 Å². The van der Waals surface area contributed by atoms with Crippen molar-refractivity contribution < 1.29 is 14.0 Å². The van der Waals surface area contributed by atoms with E-state index in [9.17, 15) is 9.59 Å². The summed E-state index contributed by atoms with van der Waals surface area (Å²) in [5.41, 5.74) is 0.232. The van der Waals surface area contributed by atoms with Crippen molar-refractivity contribution in [2.45, 2.75) is 13.0 Å². The summed E-state index contributed by atoms with van der Waals surface area (Å²) in [6, 6.07) is 8.50. The first kappa shape index (κ1) is 16.0. The lowest BCUT2D eigenvalue weighted by atomic mass is 10.2. The molecule has 0 fully saturated rings. The van der Waals surface area contributed by atoms with E-state index in [1.54, 1.807) is 30.5 Å². The third kappa shape index (κ3) is 3.38. The Bertz CT molecular complexity index is 837. The molecule has 0 radical (unpaired) electrons. The molecule has 3 aromatic heterocycles. The van der Waals surface area contributed by atoms with E-state index < -0.39 is 5.91 Å². The van der Waals surface area contributed by atoms with Crippen molar-refractivity contribution in [1.29, 1.82) is 0 Å². The van der Waals surface area contributed by atoms with Gasteiger partial charge in [-0.1, -0.05) is 6.07 Å². The Morgan fingerprint density at radius 2 is 2.12 bits per heavy atom. The third-order valence-electron chi connectivity index (χ3n) is 3.42. The van der Waals surface area contributed by atoms with Crippen LogP contribution in [0.1, 0.15) is 38.9 Å². The summed E-state index contributed by atoms with van der Waals surface area (Å²) in [6.45, 7) is 1.91. The van der Waals surface area contributed by atoms with E-state index >= 15 is 0 Å². The maximum atomic E-state index is 12.3. The lowest BCUT2D eigenvalue weighted by molar-refractivity contribution is 0.0933. The molecule has 0 bridgehead atoms. The molecule has 0 aliphatic heterocycles. The first-order valence-electron chi connectivity index (χ1n) is 7.28. The summed E-state index contributed by atoms with van der Waals surface area (Å²) in [6.07, 6.45) is 1.42. The highest BCUT2D eigenvalue weighted by atomic mass is 32.1. The number of thiophene rings is 1. The molecule has 7 nitrogen and oxygen atoms in total. The van der Waals surface area contributed by atoms with Gasteiger partial charge in [-0.3, -0.25) is 14.3 Å². The van der Waals surface area contributed by atoms with Gasteiger partial charge in [-0.05, 0) is 30.5 Å². The van der Waals surface area contributed by atoms with Crippen LogP contribution in [0.5, 0.6) is 0 Å². The Labute approximate surface area is 142 Å². The van der Waals surface area contributed by atoms with Crippen LogP contribution >= 0.6 is 11.3 Å². The second-order valence-corrected chi connectivity index (χ2v) is 6.16. The zero-order valence-electron chi connectivity index (χ0n) is 13.1. The number of rotatable bonds is 5. The molecular formula is C16H16N4O3S. The van der Waals surface area contributed by atoms with Crippen molar-refractivity contribution in [3.63, 3.8) is 0 Å². The molecule has 8 heteroatoms. The number of hydrogen-bond donors (Lipinski definition) is 2. The van der Waals surface area contributed by atoms with Crippen molar-refractivity contribution in [1.82, 2.24) is 15.1 Å². The first-order valence-corrected chi connectivity index (χ1v) is 8.15. The van der Waals surface area contributed by atoms with Gasteiger partial charge < -0.3 is 15.1 Å². The first-order chi connectivity index (χ1) is 11.5. The molecule has 1 unspecified atom stereocenters. The Hall–Kier alpha value is -2.87. The predicted molar refractivity (Wildman–Crippen MR) is 90.1 cm³/mol. The number of anilines is 1. The van der Waals surface area contributed by atoms with Gasteiger partial charge in [0.15, 0.2) is 11.5 Å². The fraction of sp³-hybridized carbons (Fsp3) is 0.188. The van der Waals surface area contributed by atoms with Crippen LogP contribution in [0.3, 0.4) is 0 Å². The summed E-state index contributed by atoms with van der Waals surface area (Å²) in [5.74, 6) is -0.106. The monoisotopic (exact) mass is 344 g/mol. The number of carbonyl (C=O) groups is 2. The SMILES string of the molecule is CC(NC(=O)c1cc(NC(=O)c2ccco2)n(C)n1)c1cccs1. The predicted octanol–water partition coefficient (Wildman–Crippen LogP) is 2.82. The van der Waals surface area contributed by atoms with Gasteiger partial charge in [0.25, 0.3) is 11.8 Å². The molecule has 3 heterocycles. The second kappa shape index (κ2) is 6.71. The highest BCUT2D eigenvalue weighted by Gasteiger charge is 2.18. The highest BCUT2D eigenvalue weighted by Crippen LogP contribution is 2.19. The lowest BCUT2D eigenvalue weighted by Gasteiger charge is -2.10. The van der Waals surface area contributed by atoms with Crippen molar-refractivity contribution in [2.75, 3.05) is 5.32 Å². The van der Waals surface area contributed by atoms with Gasteiger partial charge in [-0.15, -0.1) is 11.3 Å². The maximum absolute atomic E-state index is 12.3. The molecule has 24 heavy (non-hydrogen) atoms. The van der Waals surface area contributed by atoms with Gasteiger partial charge in [0.05, 0.1) is 12.3 Å². The summed E-state index contributed by atoms with van der Waals surface area (Å²) in [4.78, 5) is 25.4. The maximum Gasteiger partial charge on any atom is 0.292 e. The largest absolute Gasteiger partial charge is 0.459 e. The van der Waals surface area contributed by atoms with E-state index in [0.717, 1.165) is 4.88 Å². The molecule has 2 N–H and O–H groups in total. The molecular weight excluding hydrogens is 328 g/mol. The minimum Gasteiger partial charge on any atom is -0.459 e. The number of carbonyl (C=O) groups excluding carboxylic acids is 2. The second-order valence-electron chi connectivity index (χ2n) is 5.18. The number of furan rings is 1. The molecule has 3 rings (SSSR count). The van der Waals surface area contributed by atoms with Gasteiger partial charge >= 0.3 is 0 Å². The fourth-order valence-corrected chi connectivity index (χ4v) is 2.89. The molecule has 0 saturated heterocycles. The molecule has 0 saturated carbocycles. The summed E-state index contributed by atoms with van der Waals surface area (Å²) < 4.78 is 6.47. The molecule has 2 amide bonds. The van der Waals surface area contributed by atoms with Crippen molar-refractivity contribution in [3.05, 3.63) is 58.3 Å².